The Morgan fingerprint density at radius 1 is 0.765 bits per heavy atom. The van der Waals surface area contributed by atoms with Gasteiger partial charge in [0.25, 0.3) is 0 Å². The summed E-state index contributed by atoms with van der Waals surface area (Å²) in [5, 5.41) is 102. The van der Waals surface area contributed by atoms with Gasteiger partial charge in [-0.1, -0.05) is 77.8 Å². The maximum atomic E-state index is 14.7. The second kappa shape index (κ2) is 32.8. The average Bonchev–Trinajstić information content (AvgIpc) is 4.01. The van der Waals surface area contributed by atoms with Crippen LogP contribution >= 0.6 is 11.8 Å². The minimum atomic E-state index is -2.37. The Hall–Kier alpha value is -5.68. The predicted octanol–water partition coefficient (Wildman–Crippen LogP) is -2.38. The van der Waals surface area contributed by atoms with E-state index in [2.05, 4.69) is 47.4 Å². The number of aliphatic hydroxyl groups is 7. The van der Waals surface area contributed by atoms with Crippen LogP contribution in [0.15, 0.2) is 24.3 Å². The molecule has 3 aliphatic rings. The Kier molecular flexibility index (Phi) is 27.5. The van der Waals surface area contributed by atoms with Gasteiger partial charge in [-0.3, -0.25) is 43.2 Å². The lowest BCUT2D eigenvalue weighted by Gasteiger charge is -2.34. The van der Waals surface area contributed by atoms with E-state index in [0.29, 0.717) is 24.7 Å². The third-order valence-corrected chi connectivity index (χ3v) is 16.2. The van der Waals surface area contributed by atoms with Crippen LogP contribution in [-0.2, 0) is 47.9 Å². The zero-order chi connectivity index (χ0) is 60.2. The van der Waals surface area contributed by atoms with Crippen LogP contribution in [0.2, 0.25) is 0 Å². The van der Waals surface area contributed by atoms with Crippen LogP contribution in [0.1, 0.15) is 129 Å². The summed E-state index contributed by atoms with van der Waals surface area (Å²) in [5.74, 6) is -9.62. The van der Waals surface area contributed by atoms with E-state index < -0.39 is 171 Å². The monoisotopic (exact) mass is 1170 g/mol. The predicted molar refractivity (Wildman–Crippen MR) is 293 cm³/mol. The molecule has 0 spiro atoms. The highest BCUT2D eigenvalue weighted by Gasteiger charge is 2.49. The van der Waals surface area contributed by atoms with Crippen molar-refractivity contribution in [2.45, 2.75) is 203 Å². The molecule has 26 nitrogen and oxygen atoms in total. The van der Waals surface area contributed by atoms with E-state index in [1.165, 1.54) is 18.6 Å². The molecule has 15 N–H and O–H groups in total. The summed E-state index contributed by atoms with van der Waals surface area (Å²) in [7, 11) is 1.13. The SMILES string of the molecule is CCC(C)CC(C)CCCCCCCCC(=O)NC1C[C@@H](O)C(CSCC(=O)OC)NC(=O)[C@@H]2[C@@H](O)CCN2C(=O)C([C@H](O)CC(N)=O)NC(=O)[C@H]([C@H](O)[C@@H](O)c2ccc(O)cc2)NC(=O)C2C[C@@H](O)CN2C(=O)C([C@@H](C)O)NC1=O. The number of esters is 1. The van der Waals surface area contributed by atoms with Gasteiger partial charge in [0.1, 0.15) is 54.2 Å². The summed E-state index contributed by atoms with van der Waals surface area (Å²) in [6, 6.07) is -8.72. The van der Waals surface area contributed by atoms with E-state index in [4.69, 9.17) is 10.5 Å². The number of unbranched alkanes of at least 4 members (excludes halogenated alkanes) is 5. The second-order valence-corrected chi connectivity index (χ2v) is 22.9. The van der Waals surface area contributed by atoms with Crippen molar-refractivity contribution >= 4 is 65.0 Å². The standard InChI is InChI=1S/C54H86N8O18S/c1-6-28(2)21-29(3)13-11-9-7-8-10-12-14-41(70)56-34-23-38(67)35(26-81-27-42(71)80-5)57-52(77)46-37(66)19-20-61(46)54(79)44(39(68)24-40(55)69)59-51(76)45(48(73)47(72)31-15-17-32(64)18-16-31)60-50(75)36-22-33(65)25-62(36)53(78)43(30(4)63)58-49(34)74/h15-18,28-30,33-39,43-48,63-68,72-73H,6-14,19-27H2,1-5H3,(H2,55,69)(H,56,70)(H,57,77)(H,58,74)(H,59,76)(H,60,75)/t28?,29?,30-,33-,34?,35?,36?,37+,38-,39-,43?,44?,45+,46+,47+,48+/m1/s1. The molecule has 3 aliphatic heterocycles. The zero-order valence-electron chi connectivity index (χ0n) is 46.8. The van der Waals surface area contributed by atoms with E-state index in [9.17, 15) is 84.0 Å². The molecule has 456 valence electrons. The number of nitrogens with one attached hydrogen (secondary N) is 5. The maximum absolute atomic E-state index is 14.7. The molecule has 0 aromatic heterocycles. The fraction of sp³-hybridized carbons (Fsp3) is 0.722. The summed E-state index contributed by atoms with van der Waals surface area (Å²) in [6.07, 6.45) is -7.45. The van der Waals surface area contributed by atoms with E-state index in [1.807, 2.05) is 0 Å². The smallest absolute Gasteiger partial charge is 0.315 e. The number of hydrogen-bond acceptors (Lipinski definition) is 19. The number of methoxy groups -OCH3 is 1. The summed E-state index contributed by atoms with van der Waals surface area (Å²) >= 11 is 0.864. The van der Waals surface area contributed by atoms with Gasteiger partial charge >= 0.3 is 5.97 Å². The summed E-state index contributed by atoms with van der Waals surface area (Å²) in [6.45, 7) is 6.80. The highest BCUT2D eigenvalue weighted by Crippen LogP contribution is 2.27. The quantitative estimate of drug-likeness (QED) is 0.0379. The highest BCUT2D eigenvalue weighted by molar-refractivity contribution is 7.99. The van der Waals surface area contributed by atoms with E-state index in [0.717, 1.165) is 86.3 Å². The van der Waals surface area contributed by atoms with Crippen LogP contribution in [-0.4, -0.2) is 215 Å². The first kappa shape index (κ1) is 67.8. The van der Waals surface area contributed by atoms with Crippen LogP contribution in [0, 0.1) is 11.8 Å². The number of aliphatic hydroxyl groups excluding tert-OH is 7. The number of phenols is 1. The number of primary amides is 1. The molecule has 16 atom stereocenters. The lowest BCUT2D eigenvalue weighted by atomic mass is 9.91. The first-order valence-electron chi connectivity index (χ1n) is 27.9. The summed E-state index contributed by atoms with van der Waals surface area (Å²) in [4.78, 5) is 127. The molecule has 0 bridgehead atoms. The molecule has 3 heterocycles. The van der Waals surface area contributed by atoms with Crippen molar-refractivity contribution < 1.29 is 88.7 Å². The fourth-order valence-electron chi connectivity index (χ4n) is 10.3. The minimum Gasteiger partial charge on any atom is -0.508 e. The Labute approximate surface area is 476 Å². The number of carbonyl (C=O) groups excluding carboxylic acids is 9. The second-order valence-electron chi connectivity index (χ2n) is 21.8. The van der Waals surface area contributed by atoms with Crippen molar-refractivity contribution in [1.29, 1.82) is 0 Å². The van der Waals surface area contributed by atoms with Gasteiger partial charge in [0.15, 0.2) is 0 Å². The Morgan fingerprint density at radius 3 is 2.01 bits per heavy atom. The molecule has 1 aromatic rings. The molecule has 0 radical (unpaired) electrons. The Bertz CT molecular complexity index is 2280. The molecular weight excluding hydrogens is 1080 g/mol. The van der Waals surface area contributed by atoms with Gasteiger partial charge in [-0.15, -0.1) is 11.8 Å². The molecule has 1 aromatic carbocycles. The van der Waals surface area contributed by atoms with Gasteiger partial charge in [0, 0.05) is 38.1 Å². The first-order chi connectivity index (χ1) is 38.3. The van der Waals surface area contributed by atoms with Gasteiger partial charge < -0.3 is 87.7 Å². The molecule has 4 rings (SSSR count). The fourth-order valence-corrected chi connectivity index (χ4v) is 11.3. The maximum Gasteiger partial charge on any atom is 0.315 e. The van der Waals surface area contributed by atoms with Gasteiger partial charge in [-0.05, 0) is 55.7 Å². The van der Waals surface area contributed by atoms with E-state index >= 15 is 0 Å². The number of nitrogens with two attached hydrogens (primary N) is 1. The van der Waals surface area contributed by atoms with Crippen molar-refractivity contribution in [2.24, 2.45) is 17.6 Å². The molecule has 0 saturated carbocycles. The summed E-state index contributed by atoms with van der Waals surface area (Å²) in [5.41, 5.74) is 5.27. The lowest BCUT2D eigenvalue weighted by molar-refractivity contribution is -0.148. The number of rotatable bonds is 24. The number of aromatic hydroxyl groups is 1. The summed E-state index contributed by atoms with van der Waals surface area (Å²) < 4.78 is 4.74. The highest BCUT2D eigenvalue weighted by atomic mass is 32.2. The van der Waals surface area contributed by atoms with Crippen LogP contribution in [0.4, 0.5) is 0 Å². The van der Waals surface area contributed by atoms with Gasteiger partial charge in [-0.25, -0.2) is 0 Å². The van der Waals surface area contributed by atoms with Crippen molar-refractivity contribution in [3.63, 3.8) is 0 Å². The third kappa shape index (κ3) is 20.3. The number of benzene rings is 1. The molecule has 27 heteroatoms. The molecule has 3 saturated heterocycles. The van der Waals surface area contributed by atoms with Crippen LogP contribution in [0.5, 0.6) is 5.75 Å². The topological polar surface area (TPSA) is 417 Å². The number of hydrogen-bond donors (Lipinski definition) is 14. The van der Waals surface area contributed by atoms with Crippen LogP contribution in [0.3, 0.4) is 0 Å². The Morgan fingerprint density at radius 2 is 1.38 bits per heavy atom. The number of phenolic OH excluding ortho intramolecular Hbond substituents is 1. The third-order valence-electron chi connectivity index (χ3n) is 15.2. The van der Waals surface area contributed by atoms with E-state index in [1.54, 1.807) is 0 Å². The van der Waals surface area contributed by atoms with Crippen molar-refractivity contribution in [3.05, 3.63) is 29.8 Å². The minimum absolute atomic E-state index is 0.0697. The average molecular weight is 1170 g/mol. The number of fused-ring (bicyclic) bond motifs is 2. The normalized spacial score (nSPS) is 27.7. The number of nitrogens with zero attached hydrogens (tertiary/aromatic N) is 2. The first-order valence-corrected chi connectivity index (χ1v) is 29.0. The Balaban J connectivity index is 1.78. The van der Waals surface area contributed by atoms with Gasteiger partial charge in [0.05, 0.1) is 55.8 Å². The molecule has 81 heavy (non-hydrogen) atoms. The lowest BCUT2D eigenvalue weighted by Crippen LogP contribution is -2.64. The zero-order valence-corrected chi connectivity index (χ0v) is 47.6. The van der Waals surface area contributed by atoms with Crippen molar-refractivity contribution in [2.75, 3.05) is 31.7 Å². The van der Waals surface area contributed by atoms with Crippen LogP contribution < -0.4 is 32.3 Å². The number of amides is 8. The van der Waals surface area contributed by atoms with Crippen LogP contribution in [0.25, 0.3) is 0 Å². The molecule has 3 fully saturated rings. The van der Waals surface area contributed by atoms with E-state index in [-0.39, 0.29) is 35.7 Å². The molecule has 0 aliphatic carbocycles. The molecular formula is C54H86N8O18S. The number of carbonyl (C=O) groups is 9. The number of ether oxygens (including phenoxy) is 1. The molecule has 7 unspecified atom stereocenters. The van der Waals surface area contributed by atoms with Gasteiger partial charge in [-0.2, -0.15) is 0 Å². The van der Waals surface area contributed by atoms with Gasteiger partial charge in [0.2, 0.25) is 47.3 Å². The number of thioether (sulfide) groups is 1. The van der Waals surface area contributed by atoms with Crippen molar-refractivity contribution in [1.82, 2.24) is 36.4 Å². The van der Waals surface area contributed by atoms with Crippen molar-refractivity contribution in [3.8, 4) is 5.75 Å². The largest absolute Gasteiger partial charge is 0.508 e. The molecule has 8 amide bonds.